The summed E-state index contributed by atoms with van der Waals surface area (Å²) in [5.74, 6) is -1.89. The Hall–Kier alpha value is -1.70. The minimum atomic E-state index is -4.27. The van der Waals surface area contributed by atoms with E-state index in [4.69, 9.17) is 17.3 Å². The van der Waals surface area contributed by atoms with E-state index in [0.29, 0.717) is 5.56 Å². The van der Waals surface area contributed by atoms with Crippen molar-refractivity contribution < 1.29 is 17.2 Å². The van der Waals surface area contributed by atoms with Crippen LogP contribution in [-0.4, -0.2) is 8.42 Å². The molecule has 2 aromatic rings. The fourth-order valence-electron chi connectivity index (χ4n) is 1.67. The van der Waals surface area contributed by atoms with E-state index in [2.05, 4.69) is 0 Å². The predicted octanol–water partition coefficient (Wildman–Crippen LogP) is 2.88. The molecule has 0 atom stereocenters. The highest BCUT2D eigenvalue weighted by Gasteiger charge is 2.21. The fraction of sp³-hybridized carbons (Fsp3) is 0.0769. The van der Waals surface area contributed by atoms with E-state index in [1.165, 1.54) is 24.3 Å². The summed E-state index contributed by atoms with van der Waals surface area (Å²) in [4.78, 5) is -0.598. The van der Waals surface area contributed by atoms with E-state index in [9.17, 15) is 17.2 Å². The van der Waals surface area contributed by atoms with Gasteiger partial charge in [0, 0.05) is 6.54 Å². The van der Waals surface area contributed by atoms with Crippen molar-refractivity contribution >= 4 is 27.3 Å². The van der Waals surface area contributed by atoms with Crippen molar-refractivity contribution in [2.75, 3.05) is 4.72 Å². The number of sulfonamides is 1. The minimum Gasteiger partial charge on any atom is -0.326 e. The first-order chi connectivity index (χ1) is 9.85. The van der Waals surface area contributed by atoms with Crippen LogP contribution in [0.3, 0.4) is 0 Å². The molecule has 0 spiro atoms. The van der Waals surface area contributed by atoms with E-state index in [1.807, 2.05) is 4.72 Å². The second-order valence-corrected chi connectivity index (χ2v) is 6.23. The normalized spacial score (nSPS) is 11.4. The Morgan fingerprint density at radius 3 is 2.52 bits per heavy atom. The molecule has 0 saturated carbocycles. The molecule has 4 nitrogen and oxygen atoms in total. The maximum Gasteiger partial charge on any atom is 0.264 e. The summed E-state index contributed by atoms with van der Waals surface area (Å²) in [6.07, 6.45) is 0. The van der Waals surface area contributed by atoms with Crippen LogP contribution in [0.5, 0.6) is 0 Å². The van der Waals surface area contributed by atoms with Gasteiger partial charge in [0.05, 0.1) is 10.7 Å². The number of benzene rings is 2. The topological polar surface area (TPSA) is 72.2 Å². The summed E-state index contributed by atoms with van der Waals surface area (Å²) in [5, 5.41) is -0.242. The highest BCUT2D eigenvalue weighted by molar-refractivity contribution is 7.92. The smallest absolute Gasteiger partial charge is 0.264 e. The summed E-state index contributed by atoms with van der Waals surface area (Å²) in [5.41, 5.74) is 5.43. The molecular formula is C13H11ClF2N2O2S. The molecule has 3 N–H and O–H groups in total. The lowest BCUT2D eigenvalue weighted by Crippen LogP contribution is -2.16. The molecule has 2 aromatic carbocycles. The van der Waals surface area contributed by atoms with Crippen LogP contribution in [0.15, 0.2) is 41.3 Å². The molecule has 0 bridgehead atoms. The predicted molar refractivity (Wildman–Crippen MR) is 76.5 cm³/mol. The van der Waals surface area contributed by atoms with Gasteiger partial charge in [0.25, 0.3) is 10.0 Å². The van der Waals surface area contributed by atoms with Crippen molar-refractivity contribution in [3.8, 4) is 0 Å². The average Bonchev–Trinajstić information content (AvgIpc) is 2.43. The minimum absolute atomic E-state index is 0.0770. The van der Waals surface area contributed by atoms with Crippen LogP contribution in [0.2, 0.25) is 5.02 Å². The lowest BCUT2D eigenvalue weighted by Gasteiger charge is -2.11. The lowest BCUT2D eigenvalue weighted by atomic mass is 10.2. The molecule has 0 aliphatic carbocycles. The Bertz CT molecular complexity index is 782. The number of nitrogens with two attached hydrogens (primary N) is 1. The molecule has 0 amide bonds. The van der Waals surface area contributed by atoms with E-state index in [1.54, 1.807) is 0 Å². The Labute approximate surface area is 125 Å². The Balaban J connectivity index is 2.41. The van der Waals surface area contributed by atoms with Crippen LogP contribution in [0, 0.1) is 11.6 Å². The SMILES string of the molecule is NCc1ccc(S(=O)(=O)Nc2cccc(Cl)c2F)c(F)c1. The van der Waals surface area contributed by atoms with Gasteiger partial charge < -0.3 is 5.73 Å². The number of halogens is 3. The first-order valence-electron chi connectivity index (χ1n) is 5.80. The molecular weight excluding hydrogens is 322 g/mol. The van der Waals surface area contributed by atoms with Gasteiger partial charge in [-0.15, -0.1) is 0 Å². The zero-order valence-corrected chi connectivity index (χ0v) is 12.2. The largest absolute Gasteiger partial charge is 0.326 e. The van der Waals surface area contributed by atoms with Crippen LogP contribution in [0.4, 0.5) is 14.5 Å². The van der Waals surface area contributed by atoms with Crippen molar-refractivity contribution in [1.82, 2.24) is 0 Å². The van der Waals surface area contributed by atoms with Crippen LogP contribution < -0.4 is 10.5 Å². The molecule has 0 unspecified atom stereocenters. The summed E-state index contributed by atoms with van der Waals surface area (Å²) in [6, 6.07) is 7.30. The van der Waals surface area contributed by atoms with Crippen molar-refractivity contribution in [1.29, 1.82) is 0 Å². The molecule has 8 heteroatoms. The zero-order valence-electron chi connectivity index (χ0n) is 10.6. The van der Waals surface area contributed by atoms with Gasteiger partial charge in [0.15, 0.2) is 5.82 Å². The second kappa shape index (κ2) is 5.97. The van der Waals surface area contributed by atoms with Crippen molar-refractivity contribution in [3.63, 3.8) is 0 Å². The third-order valence-corrected chi connectivity index (χ3v) is 4.41. The molecule has 21 heavy (non-hydrogen) atoms. The molecule has 112 valence electrons. The monoisotopic (exact) mass is 332 g/mol. The van der Waals surface area contributed by atoms with Crippen LogP contribution in [0.1, 0.15) is 5.56 Å². The van der Waals surface area contributed by atoms with Gasteiger partial charge in [-0.3, -0.25) is 4.72 Å². The summed E-state index contributed by atoms with van der Waals surface area (Å²) in [6.45, 7) is 0.0770. The highest BCUT2D eigenvalue weighted by atomic mass is 35.5. The number of anilines is 1. The maximum absolute atomic E-state index is 13.8. The maximum atomic E-state index is 13.8. The molecule has 2 rings (SSSR count). The van der Waals surface area contributed by atoms with Crippen LogP contribution >= 0.6 is 11.6 Å². The van der Waals surface area contributed by atoms with Crippen molar-refractivity contribution in [2.45, 2.75) is 11.4 Å². The van der Waals surface area contributed by atoms with Gasteiger partial charge >= 0.3 is 0 Å². The molecule has 0 saturated heterocycles. The van der Waals surface area contributed by atoms with Gasteiger partial charge in [0.1, 0.15) is 10.7 Å². The Kier molecular flexibility index (Phi) is 4.46. The molecule has 0 aromatic heterocycles. The lowest BCUT2D eigenvalue weighted by molar-refractivity contribution is 0.568. The van der Waals surface area contributed by atoms with Gasteiger partial charge in [-0.25, -0.2) is 17.2 Å². The van der Waals surface area contributed by atoms with Gasteiger partial charge in [0.2, 0.25) is 0 Å². The summed E-state index contributed by atoms with van der Waals surface area (Å²) >= 11 is 5.56. The van der Waals surface area contributed by atoms with Crippen molar-refractivity contribution in [3.05, 3.63) is 58.6 Å². The first-order valence-corrected chi connectivity index (χ1v) is 7.66. The average molecular weight is 333 g/mol. The molecule has 0 radical (unpaired) electrons. The number of hydrogen-bond acceptors (Lipinski definition) is 3. The standard InChI is InChI=1S/C13H11ClF2N2O2S/c14-9-2-1-3-11(13(9)16)18-21(19,20)12-5-4-8(7-17)6-10(12)15/h1-6,18H,7,17H2. The van der Waals surface area contributed by atoms with Gasteiger partial charge in [-0.05, 0) is 29.8 Å². The molecule has 0 heterocycles. The van der Waals surface area contributed by atoms with Crippen LogP contribution in [-0.2, 0) is 16.6 Å². The number of nitrogens with one attached hydrogen (secondary N) is 1. The highest BCUT2D eigenvalue weighted by Crippen LogP contribution is 2.25. The summed E-state index contributed by atoms with van der Waals surface area (Å²) < 4.78 is 53.7. The van der Waals surface area contributed by atoms with Crippen molar-refractivity contribution in [2.24, 2.45) is 5.73 Å². The molecule has 0 aliphatic heterocycles. The second-order valence-electron chi connectivity index (χ2n) is 4.18. The fourth-order valence-corrected chi connectivity index (χ4v) is 2.97. The molecule has 0 fully saturated rings. The number of hydrogen-bond donors (Lipinski definition) is 2. The van der Waals surface area contributed by atoms with Crippen LogP contribution in [0.25, 0.3) is 0 Å². The van der Waals surface area contributed by atoms with Gasteiger partial charge in [-0.1, -0.05) is 23.7 Å². The molecule has 0 aliphatic rings. The Morgan fingerprint density at radius 2 is 1.90 bits per heavy atom. The third kappa shape index (κ3) is 3.31. The first kappa shape index (κ1) is 15.7. The van der Waals surface area contributed by atoms with E-state index in [0.717, 1.165) is 12.1 Å². The zero-order chi connectivity index (χ0) is 15.6. The quantitative estimate of drug-likeness (QED) is 0.904. The Morgan fingerprint density at radius 1 is 1.19 bits per heavy atom. The summed E-state index contributed by atoms with van der Waals surface area (Å²) in [7, 11) is -4.27. The van der Waals surface area contributed by atoms with Gasteiger partial charge in [-0.2, -0.15) is 0 Å². The van der Waals surface area contributed by atoms with E-state index < -0.39 is 26.6 Å². The number of rotatable bonds is 4. The van der Waals surface area contributed by atoms with E-state index >= 15 is 0 Å². The third-order valence-electron chi connectivity index (χ3n) is 2.72. The van der Waals surface area contributed by atoms with E-state index in [-0.39, 0.29) is 17.3 Å².